The molecule has 1 amide bonds. The lowest BCUT2D eigenvalue weighted by atomic mass is 9.53. The van der Waals surface area contributed by atoms with Crippen LogP contribution in [0.15, 0.2) is 5.16 Å². The Bertz CT molecular complexity index is 551. The highest BCUT2D eigenvalue weighted by molar-refractivity contribution is 8.00. The lowest BCUT2D eigenvalue weighted by Gasteiger charge is -2.57. The summed E-state index contributed by atoms with van der Waals surface area (Å²) >= 11 is 1.43. The van der Waals surface area contributed by atoms with Crippen LogP contribution in [0.4, 0.5) is 0 Å². The van der Waals surface area contributed by atoms with E-state index in [4.69, 9.17) is 0 Å². The number of hydrogen-bond donors (Lipinski definition) is 1. The molecule has 4 aliphatic carbocycles. The van der Waals surface area contributed by atoms with Crippen LogP contribution in [0.2, 0.25) is 0 Å². The van der Waals surface area contributed by atoms with Crippen LogP contribution in [0.5, 0.6) is 0 Å². The SMILES string of the molecule is C[C@H](Sc1nnnn1C)C(=O)NC12CC3CC(CC(C3)C1)C2. The molecular weight excluding hydrogens is 298 g/mol. The van der Waals surface area contributed by atoms with Crippen molar-refractivity contribution in [1.82, 2.24) is 25.5 Å². The predicted molar refractivity (Wildman–Crippen MR) is 83.2 cm³/mol. The van der Waals surface area contributed by atoms with Gasteiger partial charge >= 0.3 is 0 Å². The molecule has 120 valence electrons. The fourth-order valence-corrected chi connectivity index (χ4v) is 5.91. The topological polar surface area (TPSA) is 72.7 Å². The molecule has 4 saturated carbocycles. The summed E-state index contributed by atoms with van der Waals surface area (Å²) in [6.07, 6.45) is 7.74. The van der Waals surface area contributed by atoms with E-state index in [1.54, 1.807) is 11.7 Å². The summed E-state index contributed by atoms with van der Waals surface area (Å²) in [4.78, 5) is 12.7. The highest BCUT2D eigenvalue weighted by atomic mass is 32.2. The summed E-state index contributed by atoms with van der Waals surface area (Å²) in [7, 11) is 1.80. The largest absolute Gasteiger partial charge is 0.350 e. The normalized spacial score (nSPS) is 37.3. The molecule has 1 aromatic rings. The van der Waals surface area contributed by atoms with Gasteiger partial charge in [0.15, 0.2) is 0 Å². The molecule has 6 nitrogen and oxygen atoms in total. The maximum absolute atomic E-state index is 12.7. The number of carbonyl (C=O) groups excluding carboxylic acids is 1. The van der Waals surface area contributed by atoms with E-state index in [2.05, 4.69) is 20.8 Å². The van der Waals surface area contributed by atoms with Gasteiger partial charge in [0.2, 0.25) is 11.1 Å². The number of aryl methyl sites for hydroxylation is 1. The second kappa shape index (κ2) is 5.22. The molecule has 1 atom stereocenters. The van der Waals surface area contributed by atoms with Crippen LogP contribution in [0.1, 0.15) is 45.4 Å². The van der Waals surface area contributed by atoms with Crippen LogP contribution in [-0.4, -0.2) is 36.9 Å². The summed E-state index contributed by atoms with van der Waals surface area (Å²) in [6, 6.07) is 0. The highest BCUT2D eigenvalue weighted by Crippen LogP contribution is 2.55. The van der Waals surface area contributed by atoms with Crippen molar-refractivity contribution in [2.24, 2.45) is 24.8 Å². The summed E-state index contributed by atoms with van der Waals surface area (Å²) < 4.78 is 1.61. The molecule has 4 fully saturated rings. The van der Waals surface area contributed by atoms with Gasteiger partial charge in [0.25, 0.3) is 0 Å². The average Bonchev–Trinajstić information content (AvgIpc) is 2.82. The first kappa shape index (κ1) is 14.5. The molecule has 0 unspecified atom stereocenters. The van der Waals surface area contributed by atoms with Crippen LogP contribution in [0.3, 0.4) is 0 Å². The van der Waals surface area contributed by atoms with Crippen molar-refractivity contribution < 1.29 is 4.79 Å². The number of nitrogens with zero attached hydrogens (tertiary/aromatic N) is 4. The number of rotatable bonds is 4. The summed E-state index contributed by atoms with van der Waals surface area (Å²) in [5.41, 5.74) is 0.0821. The van der Waals surface area contributed by atoms with E-state index in [1.807, 2.05) is 6.92 Å². The molecule has 22 heavy (non-hydrogen) atoms. The quantitative estimate of drug-likeness (QED) is 0.856. The van der Waals surface area contributed by atoms with Crippen molar-refractivity contribution in [2.75, 3.05) is 0 Å². The van der Waals surface area contributed by atoms with Gasteiger partial charge < -0.3 is 5.32 Å². The fraction of sp³-hybridized carbons (Fsp3) is 0.867. The summed E-state index contributed by atoms with van der Waals surface area (Å²) in [6.45, 7) is 1.94. The monoisotopic (exact) mass is 321 g/mol. The van der Waals surface area contributed by atoms with Crippen LogP contribution < -0.4 is 5.32 Å². The second-order valence-electron chi connectivity index (χ2n) is 7.53. The van der Waals surface area contributed by atoms with E-state index in [0.717, 1.165) is 17.8 Å². The molecular formula is C15H23N5OS. The van der Waals surface area contributed by atoms with Gasteiger partial charge in [-0.05, 0) is 73.6 Å². The van der Waals surface area contributed by atoms with Gasteiger partial charge in [-0.3, -0.25) is 4.79 Å². The first-order valence-corrected chi connectivity index (χ1v) is 9.12. The Morgan fingerprint density at radius 2 is 1.86 bits per heavy atom. The molecule has 4 aliphatic rings. The molecule has 0 radical (unpaired) electrons. The lowest BCUT2D eigenvalue weighted by Crippen LogP contribution is -2.60. The standard InChI is InChI=1S/C15H23N5OS/c1-9(22-14-17-18-19-20(14)2)13(21)16-15-6-10-3-11(7-15)5-12(4-10)8-15/h9-12H,3-8H2,1-2H3,(H,16,21)/t9-,10?,11?,12?,15?/m0/s1. The van der Waals surface area contributed by atoms with E-state index in [1.165, 1.54) is 50.3 Å². The lowest BCUT2D eigenvalue weighted by molar-refractivity contribution is -0.126. The minimum absolute atomic E-state index is 0.0821. The average molecular weight is 321 g/mol. The zero-order valence-corrected chi connectivity index (χ0v) is 14.0. The minimum atomic E-state index is -0.169. The zero-order valence-electron chi connectivity index (χ0n) is 13.2. The van der Waals surface area contributed by atoms with Gasteiger partial charge in [-0.2, -0.15) is 0 Å². The molecule has 5 rings (SSSR count). The van der Waals surface area contributed by atoms with Gasteiger partial charge in [-0.25, -0.2) is 4.68 Å². The molecule has 4 bridgehead atoms. The Morgan fingerprint density at radius 1 is 1.27 bits per heavy atom. The zero-order chi connectivity index (χ0) is 15.3. The third-order valence-electron chi connectivity index (χ3n) is 5.66. The number of tetrazole rings is 1. The van der Waals surface area contributed by atoms with E-state index < -0.39 is 0 Å². The van der Waals surface area contributed by atoms with Crippen LogP contribution in [-0.2, 0) is 11.8 Å². The Morgan fingerprint density at radius 3 is 2.36 bits per heavy atom. The molecule has 1 heterocycles. The van der Waals surface area contributed by atoms with Crippen molar-refractivity contribution in [1.29, 1.82) is 0 Å². The van der Waals surface area contributed by atoms with Crippen LogP contribution in [0.25, 0.3) is 0 Å². The summed E-state index contributed by atoms with van der Waals surface area (Å²) in [5.74, 6) is 2.67. The van der Waals surface area contributed by atoms with Gasteiger partial charge in [0.05, 0.1) is 5.25 Å². The van der Waals surface area contributed by atoms with Crippen molar-refractivity contribution in [3.8, 4) is 0 Å². The first-order valence-electron chi connectivity index (χ1n) is 8.24. The Kier molecular flexibility index (Phi) is 3.43. The smallest absolute Gasteiger partial charge is 0.233 e. The van der Waals surface area contributed by atoms with Gasteiger partial charge in [-0.15, -0.1) is 5.10 Å². The highest BCUT2D eigenvalue weighted by Gasteiger charge is 2.51. The molecule has 7 heteroatoms. The maximum atomic E-state index is 12.7. The molecule has 0 aliphatic heterocycles. The number of nitrogens with one attached hydrogen (secondary N) is 1. The van der Waals surface area contributed by atoms with Crippen molar-refractivity contribution in [2.45, 2.75) is 61.4 Å². The third kappa shape index (κ3) is 2.53. The number of thioether (sulfide) groups is 1. The van der Waals surface area contributed by atoms with E-state index in [-0.39, 0.29) is 16.7 Å². The van der Waals surface area contributed by atoms with E-state index in [9.17, 15) is 4.79 Å². The van der Waals surface area contributed by atoms with Crippen LogP contribution in [0, 0.1) is 17.8 Å². The molecule has 0 spiro atoms. The number of hydrogen-bond acceptors (Lipinski definition) is 5. The van der Waals surface area contributed by atoms with Gasteiger partial charge in [0, 0.05) is 12.6 Å². The number of carbonyl (C=O) groups is 1. The first-order chi connectivity index (χ1) is 10.5. The molecule has 1 aromatic heterocycles. The number of amides is 1. The maximum Gasteiger partial charge on any atom is 0.233 e. The Balaban J connectivity index is 1.42. The third-order valence-corrected chi connectivity index (χ3v) is 6.78. The molecule has 0 saturated heterocycles. The predicted octanol–water partition coefficient (Wildman–Crippen LogP) is 1.78. The summed E-state index contributed by atoms with van der Waals surface area (Å²) in [5, 5.41) is 15.3. The minimum Gasteiger partial charge on any atom is -0.350 e. The molecule has 0 aromatic carbocycles. The Labute approximate surface area is 134 Å². The van der Waals surface area contributed by atoms with Crippen LogP contribution >= 0.6 is 11.8 Å². The van der Waals surface area contributed by atoms with Gasteiger partial charge in [0.1, 0.15) is 0 Å². The molecule has 1 N–H and O–H groups in total. The second-order valence-corrected chi connectivity index (χ2v) is 8.84. The van der Waals surface area contributed by atoms with Crippen molar-refractivity contribution >= 4 is 17.7 Å². The fourth-order valence-electron chi connectivity index (χ4n) is 5.16. The van der Waals surface area contributed by atoms with E-state index >= 15 is 0 Å². The number of aromatic nitrogens is 4. The van der Waals surface area contributed by atoms with Crippen molar-refractivity contribution in [3.63, 3.8) is 0 Å². The van der Waals surface area contributed by atoms with Crippen molar-refractivity contribution in [3.05, 3.63) is 0 Å². The van der Waals surface area contributed by atoms with E-state index in [0.29, 0.717) is 5.16 Å². The van der Waals surface area contributed by atoms with Gasteiger partial charge in [-0.1, -0.05) is 11.8 Å². The Hall–Kier alpha value is -1.11.